The molecule has 1 heterocycles. The average Bonchev–Trinajstić information content (AvgIpc) is 2.48. The number of hydrogen-bond donors (Lipinski definition) is 3. The summed E-state index contributed by atoms with van der Waals surface area (Å²) in [5, 5.41) is 19.2. The second-order valence-electron chi connectivity index (χ2n) is 5.49. The first-order valence-electron chi connectivity index (χ1n) is 7.67. The molecule has 0 spiro atoms. The van der Waals surface area contributed by atoms with Crippen molar-refractivity contribution in [3.05, 3.63) is 27.2 Å². The minimum atomic E-state index is -0.528. The molecule has 2 rings (SSSR count). The summed E-state index contributed by atoms with van der Waals surface area (Å²) >= 11 is 0. The first-order chi connectivity index (χ1) is 10.1. The van der Waals surface area contributed by atoms with Gasteiger partial charge in [0, 0.05) is 0 Å². The van der Waals surface area contributed by atoms with Crippen molar-refractivity contribution in [2.24, 2.45) is 0 Å². The summed E-state index contributed by atoms with van der Waals surface area (Å²) < 4.78 is 0. The molecule has 116 valence electrons. The van der Waals surface area contributed by atoms with Gasteiger partial charge in [0.2, 0.25) is 0 Å². The predicted octanol–water partition coefficient (Wildman–Crippen LogP) is 0.928. The van der Waals surface area contributed by atoms with Crippen LogP contribution in [0.15, 0.2) is 4.79 Å². The van der Waals surface area contributed by atoms with Crippen molar-refractivity contribution in [2.75, 3.05) is 0 Å². The van der Waals surface area contributed by atoms with Crippen molar-refractivity contribution in [3.8, 4) is 0 Å². The van der Waals surface area contributed by atoms with E-state index in [-0.39, 0.29) is 11.6 Å². The molecule has 1 aliphatic rings. The van der Waals surface area contributed by atoms with Crippen molar-refractivity contribution in [2.45, 2.75) is 64.5 Å². The second-order valence-corrected chi connectivity index (χ2v) is 5.49. The summed E-state index contributed by atoms with van der Waals surface area (Å²) in [6.07, 6.45) is 4.11. The lowest BCUT2D eigenvalue weighted by molar-refractivity contribution is 0.0715. The van der Waals surface area contributed by atoms with E-state index in [1.54, 1.807) is 0 Å². The van der Waals surface area contributed by atoms with Crippen LogP contribution < -0.4 is 10.9 Å². The zero-order valence-electron chi connectivity index (χ0n) is 12.6. The topological polar surface area (TPSA) is 95.1 Å². The van der Waals surface area contributed by atoms with Gasteiger partial charge in [-0.2, -0.15) is 5.10 Å². The van der Waals surface area contributed by atoms with E-state index in [0.29, 0.717) is 24.8 Å². The Morgan fingerprint density at radius 2 is 2.05 bits per heavy atom. The van der Waals surface area contributed by atoms with Crippen LogP contribution in [0.1, 0.15) is 61.1 Å². The van der Waals surface area contributed by atoms with Crippen molar-refractivity contribution in [3.63, 3.8) is 0 Å². The number of hydrogen-bond acceptors (Lipinski definition) is 4. The molecule has 1 fully saturated rings. The van der Waals surface area contributed by atoms with Gasteiger partial charge in [-0.15, -0.1) is 0 Å². The van der Waals surface area contributed by atoms with Crippen molar-refractivity contribution in [1.29, 1.82) is 0 Å². The standard InChI is InChI=1S/C15H23N3O3/c1-3-9-10(4-2)17-18-15(21)13(9)14(20)16-11-7-5-6-8-12(11)19/h11-12,19H,3-8H2,1-2H3,(H,16,20)(H,18,21). The molecular weight excluding hydrogens is 270 g/mol. The first kappa shape index (κ1) is 15.7. The lowest BCUT2D eigenvalue weighted by Crippen LogP contribution is -2.46. The summed E-state index contributed by atoms with van der Waals surface area (Å²) in [4.78, 5) is 24.4. The molecule has 2 atom stereocenters. The highest BCUT2D eigenvalue weighted by Gasteiger charge is 2.27. The monoisotopic (exact) mass is 293 g/mol. The Labute approximate surface area is 124 Å². The SMILES string of the molecule is CCc1n[nH]c(=O)c(C(=O)NC2CCCCC2O)c1CC. The number of aliphatic hydroxyl groups excluding tert-OH is 1. The van der Waals surface area contributed by atoms with Gasteiger partial charge in [-0.25, -0.2) is 5.10 Å². The van der Waals surface area contributed by atoms with Crippen molar-refractivity contribution in [1.82, 2.24) is 15.5 Å². The number of carbonyl (C=O) groups excluding carboxylic acids is 1. The van der Waals surface area contributed by atoms with E-state index in [4.69, 9.17) is 0 Å². The van der Waals surface area contributed by atoms with E-state index in [9.17, 15) is 14.7 Å². The summed E-state index contributed by atoms with van der Waals surface area (Å²) in [6.45, 7) is 3.84. The molecule has 1 amide bonds. The Hall–Kier alpha value is -1.69. The minimum absolute atomic E-state index is 0.141. The van der Waals surface area contributed by atoms with Gasteiger partial charge in [0.05, 0.1) is 17.8 Å². The maximum atomic E-state index is 12.5. The minimum Gasteiger partial charge on any atom is -0.391 e. The van der Waals surface area contributed by atoms with Crippen LogP contribution >= 0.6 is 0 Å². The van der Waals surface area contributed by atoms with E-state index in [2.05, 4.69) is 15.5 Å². The van der Waals surface area contributed by atoms with E-state index in [1.165, 1.54) is 0 Å². The maximum Gasteiger partial charge on any atom is 0.277 e. The molecule has 21 heavy (non-hydrogen) atoms. The van der Waals surface area contributed by atoms with Gasteiger partial charge in [-0.05, 0) is 31.2 Å². The molecule has 0 aliphatic heterocycles. The third kappa shape index (κ3) is 3.32. The Balaban J connectivity index is 2.28. The van der Waals surface area contributed by atoms with E-state index < -0.39 is 17.6 Å². The summed E-state index contributed by atoms with van der Waals surface area (Å²) in [7, 11) is 0. The van der Waals surface area contributed by atoms with Gasteiger partial charge in [-0.3, -0.25) is 9.59 Å². The highest BCUT2D eigenvalue weighted by molar-refractivity contribution is 5.95. The molecule has 6 heteroatoms. The number of amides is 1. The van der Waals surface area contributed by atoms with Crippen LogP contribution in [-0.2, 0) is 12.8 Å². The van der Waals surface area contributed by atoms with E-state index in [0.717, 1.165) is 25.0 Å². The molecule has 1 saturated carbocycles. The van der Waals surface area contributed by atoms with E-state index >= 15 is 0 Å². The summed E-state index contributed by atoms with van der Waals surface area (Å²) in [6, 6.07) is -0.270. The lowest BCUT2D eigenvalue weighted by atomic mass is 9.92. The van der Waals surface area contributed by atoms with Crippen LogP contribution in [-0.4, -0.2) is 33.4 Å². The third-order valence-electron chi connectivity index (χ3n) is 4.13. The zero-order chi connectivity index (χ0) is 15.4. The fourth-order valence-corrected chi connectivity index (χ4v) is 2.96. The smallest absolute Gasteiger partial charge is 0.277 e. The number of nitrogens with one attached hydrogen (secondary N) is 2. The van der Waals surface area contributed by atoms with Crippen LogP contribution in [0.5, 0.6) is 0 Å². The average molecular weight is 293 g/mol. The van der Waals surface area contributed by atoms with Gasteiger partial charge in [0.1, 0.15) is 5.56 Å². The van der Waals surface area contributed by atoms with E-state index in [1.807, 2.05) is 13.8 Å². The molecule has 3 N–H and O–H groups in total. The van der Waals surface area contributed by atoms with Crippen molar-refractivity contribution < 1.29 is 9.90 Å². The fourth-order valence-electron chi connectivity index (χ4n) is 2.96. The number of aromatic amines is 1. The molecule has 6 nitrogen and oxygen atoms in total. The molecule has 1 aromatic rings. The van der Waals surface area contributed by atoms with Crippen LogP contribution in [0, 0.1) is 0 Å². The lowest BCUT2D eigenvalue weighted by Gasteiger charge is -2.28. The predicted molar refractivity (Wildman–Crippen MR) is 79.3 cm³/mol. The maximum absolute atomic E-state index is 12.5. The van der Waals surface area contributed by atoms with Gasteiger partial charge in [0.15, 0.2) is 0 Å². The third-order valence-corrected chi connectivity index (χ3v) is 4.13. The number of aliphatic hydroxyl groups is 1. The van der Waals surface area contributed by atoms with Crippen molar-refractivity contribution >= 4 is 5.91 Å². The molecule has 0 aromatic carbocycles. The number of aromatic nitrogens is 2. The fraction of sp³-hybridized carbons (Fsp3) is 0.667. The van der Waals surface area contributed by atoms with Gasteiger partial charge < -0.3 is 10.4 Å². The first-order valence-corrected chi connectivity index (χ1v) is 7.67. The molecule has 1 aliphatic carbocycles. The highest BCUT2D eigenvalue weighted by Crippen LogP contribution is 2.19. The number of rotatable bonds is 4. The van der Waals surface area contributed by atoms with Gasteiger partial charge in [0.25, 0.3) is 11.5 Å². The summed E-state index contributed by atoms with van der Waals surface area (Å²) in [5.41, 5.74) is 1.12. The largest absolute Gasteiger partial charge is 0.391 e. The van der Waals surface area contributed by atoms with Crippen LogP contribution in [0.4, 0.5) is 0 Å². The van der Waals surface area contributed by atoms with Crippen LogP contribution in [0.3, 0.4) is 0 Å². The molecular formula is C15H23N3O3. The molecule has 1 aromatic heterocycles. The zero-order valence-corrected chi connectivity index (χ0v) is 12.6. The molecule has 2 unspecified atom stereocenters. The van der Waals surface area contributed by atoms with Crippen LogP contribution in [0.25, 0.3) is 0 Å². The number of carbonyl (C=O) groups is 1. The Morgan fingerprint density at radius 1 is 1.33 bits per heavy atom. The number of aryl methyl sites for hydroxylation is 1. The number of nitrogens with zero attached hydrogens (tertiary/aromatic N) is 1. The molecule has 0 radical (unpaired) electrons. The summed E-state index contributed by atoms with van der Waals surface area (Å²) in [5.74, 6) is -0.406. The quantitative estimate of drug-likeness (QED) is 0.769. The Morgan fingerprint density at radius 3 is 2.67 bits per heavy atom. The molecule has 0 saturated heterocycles. The normalized spacial score (nSPS) is 22.0. The Kier molecular flexibility index (Phi) is 5.12. The van der Waals surface area contributed by atoms with Gasteiger partial charge >= 0.3 is 0 Å². The highest BCUT2D eigenvalue weighted by atomic mass is 16.3. The number of H-pyrrole nitrogens is 1. The Bertz CT molecular complexity index is 568. The second kappa shape index (κ2) is 6.85. The van der Waals surface area contributed by atoms with Gasteiger partial charge in [-0.1, -0.05) is 26.7 Å². The molecule has 0 bridgehead atoms. The van der Waals surface area contributed by atoms with Crippen LogP contribution in [0.2, 0.25) is 0 Å².